The van der Waals surface area contributed by atoms with Crippen LogP contribution in [0.3, 0.4) is 0 Å². The van der Waals surface area contributed by atoms with Crippen LogP contribution >= 0.6 is 11.6 Å². The van der Waals surface area contributed by atoms with Crippen LogP contribution in [0.15, 0.2) is 42.5 Å². The van der Waals surface area contributed by atoms with E-state index in [1.165, 1.54) is 5.06 Å². The van der Waals surface area contributed by atoms with Gasteiger partial charge in [0.15, 0.2) is 6.61 Å². The third-order valence-corrected chi connectivity index (χ3v) is 4.82. The van der Waals surface area contributed by atoms with Crippen molar-refractivity contribution in [2.45, 2.75) is 26.3 Å². The van der Waals surface area contributed by atoms with Crippen LogP contribution < -0.4 is 4.74 Å². The number of fused-ring (bicyclic) bond motifs is 1. The van der Waals surface area contributed by atoms with Crippen LogP contribution in [-0.4, -0.2) is 42.1 Å². The standard InChI is InChI=1S/C22H24ClNO6/c1-14(2)12-29-22(27)30-24-10-9-15-5-3-4-6-17(15)21(24)18-11-16(23)7-8-19(18)28-13-20(25)26/h3-8,11,14,21H,9-10,12-13H2,1-2H3,(H,25,26). The Kier molecular flexibility index (Phi) is 7.18. The number of nitrogens with zero attached hydrogens (tertiary/aromatic N) is 1. The Balaban J connectivity index is 1.97. The summed E-state index contributed by atoms with van der Waals surface area (Å²) in [5.74, 6) is -0.558. The van der Waals surface area contributed by atoms with Gasteiger partial charge in [0.2, 0.25) is 0 Å². The van der Waals surface area contributed by atoms with E-state index in [4.69, 9.17) is 31.0 Å². The first kappa shape index (κ1) is 21.9. The Morgan fingerprint density at radius 1 is 1.20 bits per heavy atom. The van der Waals surface area contributed by atoms with Crippen molar-refractivity contribution in [2.24, 2.45) is 5.92 Å². The number of carboxylic acids is 1. The summed E-state index contributed by atoms with van der Waals surface area (Å²) < 4.78 is 10.7. The lowest BCUT2D eigenvalue weighted by atomic mass is 9.89. The smallest absolute Gasteiger partial charge is 0.482 e. The predicted molar refractivity (Wildman–Crippen MR) is 111 cm³/mol. The first-order valence-corrected chi connectivity index (χ1v) is 10.1. The molecule has 2 aromatic rings. The van der Waals surface area contributed by atoms with Gasteiger partial charge in [-0.2, -0.15) is 0 Å². The van der Waals surface area contributed by atoms with Crippen LogP contribution in [0.1, 0.15) is 36.6 Å². The van der Waals surface area contributed by atoms with Crippen molar-refractivity contribution in [3.63, 3.8) is 0 Å². The summed E-state index contributed by atoms with van der Waals surface area (Å²) in [5.41, 5.74) is 2.62. The lowest BCUT2D eigenvalue weighted by molar-refractivity contribution is -0.152. The van der Waals surface area contributed by atoms with Crippen LogP contribution in [-0.2, 0) is 20.8 Å². The van der Waals surface area contributed by atoms with Gasteiger partial charge in [-0.25, -0.2) is 9.59 Å². The highest BCUT2D eigenvalue weighted by atomic mass is 35.5. The van der Waals surface area contributed by atoms with Crippen molar-refractivity contribution in [1.82, 2.24) is 5.06 Å². The first-order chi connectivity index (χ1) is 14.3. The highest BCUT2D eigenvalue weighted by molar-refractivity contribution is 6.30. The third kappa shape index (κ3) is 5.43. The zero-order valence-electron chi connectivity index (χ0n) is 16.8. The van der Waals surface area contributed by atoms with Gasteiger partial charge in [0.1, 0.15) is 5.75 Å². The number of aliphatic carboxylic acids is 1. The zero-order valence-corrected chi connectivity index (χ0v) is 17.6. The average molecular weight is 434 g/mol. The second-order valence-corrected chi connectivity index (χ2v) is 7.84. The summed E-state index contributed by atoms with van der Waals surface area (Å²) in [7, 11) is 0. The number of benzene rings is 2. The topological polar surface area (TPSA) is 85.3 Å². The van der Waals surface area contributed by atoms with E-state index in [9.17, 15) is 9.59 Å². The van der Waals surface area contributed by atoms with E-state index in [1.54, 1.807) is 18.2 Å². The Bertz CT molecular complexity index is 916. The van der Waals surface area contributed by atoms with Gasteiger partial charge >= 0.3 is 12.1 Å². The van der Waals surface area contributed by atoms with Gasteiger partial charge < -0.3 is 19.4 Å². The van der Waals surface area contributed by atoms with E-state index >= 15 is 0 Å². The van der Waals surface area contributed by atoms with Crippen LogP contribution in [0.2, 0.25) is 5.02 Å². The molecule has 3 rings (SSSR count). The summed E-state index contributed by atoms with van der Waals surface area (Å²) in [4.78, 5) is 28.8. The second-order valence-electron chi connectivity index (χ2n) is 7.40. The number of hydroxylamine groups is 2. The van der Waals surface area contributed by atoms with Crippen molar-refractivity contribution >= 4 is 23.7 Å². The average Bonchev–Trinajstić information content (AvgIpc) is 2.71. The Morgan fingerprint density at radius 3 is 2.70 bits per heavy atom. The number of carboxylic acid groups (broad SMARTS) is 1. The molecular formula is C22H24ClNO6. The number of carbonyl (C=O) groups excluding carboxylic acids is 1. The monoisotopic (exact) mass is 433 g/mol. The van der Waals surface area contributed by atoms with Crippen LogP contribution in [0.25, 0.3) is 0 Å². The highest BCUT2D eigenvalue weighted by Crippen LogP contribution is 2.40. The van der Waals surface area contributed by atoms with Gasteiger partial charge in [0, 0.05) is 17.1 Å². The fraction of sp³-hybridized carbons (Fsp3) is 0.364. The quantitative estimate of drug-likeness (QED) is 0.644. The van der Waals surface area contributed by atoms with E-state index in [0.29, 0.717) is 29.3 Å². The summed E-state index contributed by atoms with van der Waals surface area (Å²) in [6, 6.07) is 12.2. The van der Waals surface area contributed by atoms with Gasteiger partial charge in [-0.1, -0.05) is 49.7 Å². The number of hydrogen-bond acceptors (Lipinski definition) is 6. The first-order valence-electron chi connectivity index (χ1n) is 9.68. The molecule has 1 N–H and O–H groups in total. The zero-order chi connectivity index (χ0) is 21.7. The molecule has 0 amide bonds. The molecule has 1 atom stereocenters. The lowest BCUT2D eigenvalue weighted by Crippen LogP contribution is -2.38. The molecular weight excluding hydrogens is 410 g/mol. The molecule has 7 nitrogen and oxygen atoms in total. The fourth-order valence-electron chi connectivity index (χ4n) is 3.33. The summed E-state index contributed by atoms with van der Waals surface area (Å²) >= 11 is 6.24. The molecule has 0 aliphatic carbocycles. The van der Waals surface area contributed by atoms with Crippen molar-refractivity contribution in [2.75, 3.05) is 19.8 Å². The maximum absolute atomic E-state index is 12.3. The normalized spacial score (nSPS) is 16.1. The van der Waals surface area contributed by atoms with Gasteiger partial charge in [0.05, 0.1) is 12.6 Å². The highest BCUT2D eigenvalue weighted by Gasteiger charge is 2.34. The van der Waals surface area contributed by atoms with Crippen molar-refractivity contribution in [3.05, 3.63) is 64.2 Å². The molecule has 0 aromatic heterocycles. The molecule has 2 aromatic carbocycles. The van der Waals surface area contributed by atoms with Gasteiger partial charge in [-0.15, -0.1) is 5.06 Å². The molecule has 1 aliphatic rings. The van der Waals surface area contributed by atoms with Crippen molar-refractivity contribution < 1.29 is 29.0 Å². The van der Waals surface area contributed by atoms with Gasteiger partial charge in [-0.05, 0) is 41.7 Å². The summed E-state index contributed by atoms with van der Waals surface area (Å²) in [6.07, 6.45) is -0.112. The third-order valence-electron chi connectivity index (χ3n) is 4.58. The Morgan fingerprint density at radius 2 is 1.97 bits per heavy atom. The number of hydrogen-bond donors (Lipinski definition) is 1. The SMILES string of the molecule is CC(C)COC(=O)ON1CCc2ccccc2C1c1cc(Cl)ccc1OCC(=O)O. The molecule has 8 heteroatoms. The van der Waals surface area contributed by atoms with E-state index < -0.39 is 24.8 Å². The molecule has 160 valence electrons. The molecule has 0 bridgehead atoms. The van der Waals surface area contributed by atoms with Crippen LogP contribution in [0.4, 0.5) is 4.79 Å². The van der Waals surface area contributed by atoms with E-state index in [0.717, 1.165) is 11.1 Å². The number of carbonyl (C=O) groups is 2. The minimum atomic E-state index is -1.09. The van der Waals surface area contributed by atoms with Crippen LogP contribution in [0, 0.1) is 5.92 Å². The molecule has 1 heterocycles. The van der Waals surface area contributed by atoms with E-state index in [-0.39, 0.29) is 12.5 Å². The van der Waals surface area contributed by atoms with E-state index in [1.807, 2.05) is 38.1 Å². The fourth-order valence-corrected chi connectivity index (χ4v) is 3.51. The molecule has 0 radical (unpaired) electrons. The summed E-state index contributed by atoms with van der Waals surface area (Å²) in [6.45, 7) is 4.05. The predicted octanol–water partition coefficient (Wildman–Crippen LogP) is 4.48. The number of ether oxygens (including phenoxy) is 2. The second kappa shape index (κ2) is 9.82. The van der Waals surface area contributed by atoms with Crippen LogP contribution in [0.5, 0.6) is 5.75 Å². The number of rotatable bonds is 7. The molecule has 0 saturated carbocycles. The Labute approximate surface area is 180 Å². The molecule has 1 unspecified atom stereocenters. The maximum Gasteiger partial charge on any atom is 0.527 e. The van der Waals surface area contributed by atoms with Gasteiger partial charge in [-0.3, -0.25) is 0 Å². The Hall–Kier alpha value is -2.77. The molecule has 0 spiro atoms. The number of halogens is 1. The molecule has 0 fully saturated rings. The van der Waals surface area contributed by atoms with Crippen molar-refractivity contribution in [1.29, 1.82) is 0 Å². The maximum atomic E-state index is 12.3. The minimum Gasteiger partial charge on any atom is -0.482 e. The summed E-state index contributed by atoms with van der Waals surface area (Å²) in [5, 5.41) is 11.0. The lowest BCUT2D eigenvalue weighted by Gasteiger charge is -2.36. The van der Waals surface area contributed by atoms with E-state index in [2.05, 4.69) is 0 Å². The van der Waals surface area contributed by atoms with Gasteiger partial charge in [0.25, 0.3) is 0 Å². The largest absolute Gasteiger partial charge is 0.527 e. The molecule has 30 heavy (non-hydrogen) atoms. The molecule has 0 saturated heterocycles. The van der Waals surface area contributed by atoms with Crippen molar-refractivity contribution in [3.8, 4) is 5.75 Å². The minimum absolute atomic E-state index is 0.180. The molecule has 1 aliphatic heterocycles.